The summed E-state index contributed by atoms with van der Waals surface area (Å²) in [7, 11) is 1.74. The summed E-state index contributed by atoms with van der Waals surface area (Å²) in [4.78, 5) is 10.7. The van der Waals surface area contributed by atoms with E-state index in [-0.39, 0.29) is 18.7 Å². The van der Waals surface area contributed by atoms with Crippen molar-refractivity contribution in [3.63, 3.8) is 0 Å². The quantitative estimate of drug-likeness (QED) is 0.643. The van der Waals surface area contributed by atoms with Crippen LogP contribution in [0.25, 0.3) is 0 Å². The summed E-state index contributed by atoms with van der Waals surface area (Å²) < 4.78 is 30.7. The number of hydrogen-bond donors (Lipinski definition) is 1. The van der Waals surface area contributed by atoms with Crippen LogP contribution in [0.3, 0.4) is 0 Å². The van der Waals surface area contributed by atoms with Gasteiger partial charge < -0.3 is 24.4 Å². The number of rotatable bonds is 4. The van der Waals surface area contributed by atoms with E-state index in [9.17, 15) is 4.39 Å². The van der Waals surface area contributed by atoms with E-state index in [0.29, 0.717) is 31.3 Å². The molecule has 2 aromatic rings. The van der Waals surface area contributed by atoms with E-state index in [0.717, 1.165) is 30.1 Å². The van der Waals surface area contributed by atoms with Crippen molar-refractivity contribution in [1.82, 2.24) is 15.2 Å². The van der Waals surface area contributed by atoms with Crippen molar-refractivity contribution < 1.29 is 18.6 Å². The minimum absolute atomic E-state index is 0.0517. The molecule has 1 unspecified atom stereocenters. The van der Waals surface area contributed by atoms with Crippen LogP contribution in [-0.4, -0.2) is 48.9 Å². The number of fused-ring (bicyclic) bond motifs is 1. The smallest absolute Gasteiger partial charge is 0.213 e. The van der Waals surface area contributed by atoms with Crippen molar-refractivity contribution >= 4 is 5.96 Å². The van der Waals surface area contributed by atoms with Gasteiger partial charge in [-0.1, -0.05) is 6.07 Å². The third-order valence-electron chi connectivity index (χ3n) is 4.77. The molecule has 0 spiro atoms. The first-order valence-corrected chi connectivity index (χ1v) is 9.28. The fourth-order valence-electron chi connectivity index (χ4n) is 3.50. The lowest BCUT2D eigenvalue weighted by Gasteiger charge is -2.24. The summed E-state index contributed by atoms with van der Waals surface area (Å²) in [5.41, 5.74) is 1.47. The summed E-state index contributed by atoms with van der Waals surface area (Å²) in [5, 5.41) is 3.31. The number of hydrogen-bond acceptors (Lipinski definition) is 5. The first-order chi connectivity index (χ1) is 13.7. The van der Waals surface area contributed by atoms with Gasteiger partial charge >= 0.3 is 0 Å². The van der Waals surface area contributed by atoms with E-state index in [1.807, 2.05) is 18.2 Å². The van der Waals surface area contributed by atoms with Gasteiger partial charge in [0.2, 0.25) is 5.88 Å². The molecule has 0 saturated carbocycles. The first-order valence-electron chi connectivity index (χ1n) is 9.28. The van der Waals surface area contributed by atoms with Gasteiger partial charge in [-0.3, -0.25) is 4.99 Å². The van der Waals surface area contributed by atoms with Gasteiger partial charge in [-0.15, -0.1) is 0 Å². The molecule has 3 heterocycles. The molecule has 1 atom stereocenters. The van der Waals surface area contributed by atoms with Gasteiger partial charge in [0.1, 0.15) is 17.7 Å². The fourth-order valence-corrected chi connectivity index (χ4v) is 3.50. The topological polar surface area (TPSA) is 68.2 Å². The van der Waals surface area contributed by atoms with Crippen LogP contribution in [0.4, 0.5) is 4.39 Å². The molecule has 28 heavy (non-hydrogen) atoms. The van der Waals surface area contributed by atoms with E-state index in [4.69, 9.17) is 14.2 Å². The summed E-state index contributed by atoms with van der Waals surface area (Å²) >= 11 is 0. The average molecular weight is 386 g/mol. The maximum absolute atomic E-state index is 13.9. The van der Waals surface area contributed by atoms with Crippen LogP contribution in [0, 0.1) is 5.82 Å². The Labute approximate surface area is 163 Å². The van der Waals surface area contributed by atoms with Gasteiger partial charge in [-0.05, 0) is 18.2 Å². The van der Waals surface area contributed by atoms with Crippen LogP contribution in [0.15, 0.2) is 41.5 Å². The molecule has 1 fully saturated rings. The number of benzene rings is 1. The van der Waals surface area contributed by atoms with Gasteiger partial charge in [0, 0.05) is 49.9 Å². The highest BCUT2D eigenvalue weighted by Crippen LogP contribution is 2.29. The Balaban J connectivity index is 1.38. The van der Waals surface area contributed by atoms with E-state index >= 15 is 0 Å². The highest BCUT2D eigenvalue weighted by molar-refractivity contribution is 5.80. The molecular weight excluding hydrogens is 363 g/mol. The lowest BCUT2D eigenvalue weighted by Crippen LogP contribution is -2.40. The number of halogens is 1. The molecule has 0 radical (unpaired) electrons. The van der Waals surface area contributed by atoms with Crippen LogP contribution in [0.5, 0.6) is 11.6 Å². The van der Waals surface area contributed by atoms with Crippen LogP contribution >= 0.6 is 0 Å². The third-order valence-corrected chi connectivity index (χ3v) is 4.77. The van der Waals surface area contributed by atoms with Gasteiger partial charge in [-0.2, -0.15) is 0 Å². The zero-order valence-corrected chi connectivity index (χ0v) is 15.7. The average Bonchev–Trinajstić information content (AvgIpc) is 3.17. The maximum atomic E-state index is 13.9. The summed E-state index contributed by atoms with van der Waals surface area (Å²) in [6, 6.07) is 8.56. The van der Waals surface area contributed by atoms with E-state index in [2.05, 4.69) is 20.2 Å². The monoisotopic (exact) mass is 386 g/mol. The molecule has 0 bridgehead atoms. The van der Waals surface area contributed by atoms with Crippen LogP contribution in [0.2, 0.25) is 0 Å². The molecule has 1 aromatic carbocycles. The van der Waals surface area contributed by atoms with Gasteiger partial charge in [0.05, 0.1) is 13.2 Å². The van der Waals surface area contributed by atoms with Gasteiger partial charge in [-0.25, -0.2) is 9.37 Å². The number of aliphatic imine (C=N–C) groups is 1. The Hall–Kier alpha value is -2.87. The second-order valence-corrected chi connectivity index (χ2v) is 6.71. The van der Waals surface area contributed by atoms with Crippen LogP contribution in [0.1, 0.15) is 17.5 Å². The Morgan fingerprint density at radius 3 is 3.18 bits per heavy atom. The molecule has 148 valence electrons. The lowest BCUT2D eigenvalue weighted by molar-refractivity contribution is -0.0173. The first kappa shape index (κ1) is 18.5. The molecule has 1 aromatic heterocycles. The molecular formula is C20H23FN4O3. The minimum Gasteiger partial charge on any atom is -0.472 e. The van der Waals surface area contributed by atoms with Crippen molar-refractivity contribution in [1.29, 1.82) is 0 Å². The van der Waals surface area contributed by atoms with Crippen molar-refractivity contribution in [2.45, 2.75) is 25.7 Å². The summed E-state index contributed by atoms with van der Waals surface area (Å²) in [5.74, 6) is 1.76. The van der Waals surface area contributed by atoms with Crippen molar-refractivity contribution in [2.24, 2.45) is 4.99 Å². The Morgan fingerprint density at radius 2 is 2.36 bits per heavy atom. The van der Waals surface area contributed by atoms with E-state index in [1.54, 1.807) is 13.2 Å². The Morgan fingerprint density at radius 1 is 1.43 bits per heavy atom. The SMILES string of the molecule is CN=C(NCc1cc(F)cc2c1OCOC2)N1CCC(Oc2ccccn2)C1. The fraction of sp³-hybridized carbons (Fsp3) is 0.400. The van der Waals surface area contributed by atoms with Crippen LogP contribution < -0.4 is 14.8 Å². The predicted octanol–water partition coefficient (Wildman–Crippen LogP) is 2.32. The molecule has 1 N–H and O–H groups in total. The van der Waals surface area contributed by atoms with Gasteiger partial charge in [0.25, 0.3) is 0 Å². The molecule has 7 nitrogen and oxygen atoms in total. The normalized spacial score (nSPS) is 19.1. The van der Waals surface area contributed by atoms with Crippen molar-refractivity contribution in [3.8, 4) is 11.6 Å². The molecule has 4 rings (SSSR count). The zero-order chi connectivity index (χ0) is 19.3. The highest BCUT2D eigenvalue weighted by Gasteiger charge is 2.27. The number of pyridine rings is 1. The summed E-state index contributed by atoms with van der Waals surface area (Å²) in [6.45, 7) is 2.48. The number of ether oxygens (including phenoxy) is 3. The summed E-state index contributed by atoms with van der Waals surface area (Å²) in [6.07, 6.45) is 2.65. The second-order valence-electron chi connectivity index (χ2n) is 6.71. The number of aromatic nitrogens is 1. The predicted molar refractivity (Wildman–Crippen MR) is 102 cm³/mol. The molecule has 2 aliphatic rings. The zero-order valence-electron chi connectivity index (χ0n) is 15.7. The number of nitrogens with zero attached hydrogens (tertiary/aromatic N) is 3. The Kier molecular flexibility index (Phi) is 5.57. The van der Waals surface area contributed by atoms with E-state index in [1.165, 1.54) is 12.1 Å². The number of likely N-dealkylation sites (tertiary alicyclic amines) is 1. The standard InChI is InChI=1S/C20H23FN4O3/c1-22-20(25-7-5-17(11-25)28-18-4-2-3-6-23-18)24-10-14-8-16(21)9-15-12-26-13-27-19(14)15/h2-4,6,8-9,17H,5,7,10-13H2,1H3,(H,22,24). The Bertz CT molecular complexity index is 847. The molecule has 1 saturated heterocycles. The largest absolute Gasteiger partial charge is 0.472 e. The van der Waals surface area contributed by atoms with E-state index < -0.39 is 0 Å². The van der Waals surface area contributed by atoms with Crippen molar-refractivity contribution in [2.75, 3.05) is 26.9 Å². The molecule has 0 aliphatic carbocycles. The highest BCUT2D eigenvalue weighted by atomic mass is 19.1. The number of nitrogens with one attached hydrogen (secondary N) is 1. The second kappa shape index (κ2) is 8.43. The maximum Gasteiger partial charge on any atom is 0.213 e. The lowest BCUT2D eigenvalue weighted by atomic mass is 10.1. The molecule has 2 aliphatic heterocycles. The van der Waals surface area contributed by atoms with Gasteiger partial charge in [0.15, 0.2) is 12.8 Å². The number of guanidine groups is 1. The van der Waals surface area contributed by atoms with Crippen LogP contribution in [-0.2, 0) is 17.9 Å². The minimum atomic E-state index is -0.301. The van der Waals surface area contributed by atoms with Crippen molar-refractivity contribution in [3.05, 3.63) is 53.5 Å². The molecule has 8 heteroatoms. The molecule has 0 amide bonds. The third kappa shape index (κ3) is 4.17.